The Kier molecular flexibility index (Phi) is 8.80. The quantitative estimate of drug-likeness (QED) is 0.473. The van der Waals surface area contributed by atoms with Crippen LogP contribution in [0.2, 0.25) is 0 Å². The summed E-state index contributed by atoms with van der Waals surface area (Å²) in [6.07, 6.45) is 13.0. The van der Waals surface area contributed by atoms with Crippen LogP contribution in [0.4, 0.5) is 0 Å². The molecule has 0 aromatic rings. The summed E-state index contributed by atoms with van der Waals surface area (Å²) in [6, 6.07) is 0. The molecule has 24 heavy (non-hydrogen) atoms. The highest BCUT2D eigenvalue weighted by Gasteiger charge is 2.34. The van der Waals surface area contributed by atoms with Crippen LogP contribution in [0.1, 0.15) is 86.5 Å². The molecule has 0 spiro atoms. The first-order chi connectivity index (χ1) is 11.3. The SMILES string of the molecule is CCCCCN(C=C1C=C(C)C(=O)C(C(C)(C)C)C1)CCCCC. The molecule has 0 bridgehead atoms. The largest absolute Gasteiger partial charge is 0.377 e. The van der Waals surface area contributed by atoms with E-state index in [9.17, 15) is 4.79 Å². The summed E-state index contributed by atoms with van der Waals surface area (Å²) in [5.74, 6) is 0.449. The fourth-order valence-electron chi connectivity index (χ4n) is 3.41. The van der Waals surface area contributed by atoms with Gasteiger partial charge in [-0.2, -0.15) is 0 Å². The standard InChI is InChI=1S/C22H39NO/c1-7-9-11-13-23(14-12-10-8-2)17-19-15-18(3)21(24)20(16-19)22(4,5)6/h15,17,20H,7-14,16H2,1-6H3. The van der Waals surface area contributed by atoms with Crippen LogP contribution in [0, 0.1) is 11.3 Å². The van der Waals surface area contributed by atoms with Crippen molar-refractivity contribution in [3.63, 3.8) is 0 Å². The number of ketones is 1. The lowest BCUT2D eigenvalue weighted by molar-refractivity contribution is -0.122. The van der Waals surface area contributed by atoms with Crippen molar-refractivity contribution in [2.75, 3.05) is 13.1 Å². The smallest absolute Gasteiger partial charge is 0.162 e. The lowest BCUT2D eigenvalue weighted by Gasteiger charge is -2.33. The second-order valence-electron chi connectivity index (χ2n) is 8.47. The second-order valence-corrected chi connectivity index (χ2v) is 8.47. The first-order valence-corrected chi connectivity index (χ1v) is 9.96. The molecule has 0 heterocycles. The first-order valence-electron chi connectivity index (χ1n) is 9.96. The third-order valence-electron chi connectivity index (χ3n) is 5.04. The van der Waals surface area contributed by atoms with Gasteiger partial charge in [0.05, 0.1) is 0 Å². The van der Waals surface area contributed by atoms with Gasteiger partial charge in [-0.15, -0.1) is 0 Å². The Balaban J connectivity index is 2.87. The summed E-state index contributed by atoms with van der Waals surface area (Å²) in [4.78, 5) is 15.0. The molecule has 0 amide bonds. The van der Waals surface area contributed by atoms with E-state index in [2.05, 4.69) is 51.8 Å². The molecule has 1 atom stereocenters. The average molecular weight is 334 g/mol. The number of hydrogen-bond donors (Lipinski definition) is 0. The average Bonchev–Trinajstić information content (AvgIpc) is 2.49. The van der Waals surface area contributed by atoms with Crippen LogP contribution in [-0.4, -0.2) is 23.8 Å². The highest BCUT2D eigenvalue weighted by atomic mass is 16.1. The Morgan fingerprint density at radius 3 is 2.08 bits per heavy atom. The molecular formula is C22H39NO. The highest BCUT2D eigenvalue weighted by molar-refractivity contribution is 5.99. The Hall–Kier alpha value is -1.05. The van der Waals surface area contributed by atoms with Gasteiger partial charge in [0, 0.05) is 25.2 Å². The normalized spacial score (nSPS) is 20.4. The molecule has 138 valence electrons. The number of carbonyl (C=O) groups excluding carboxylic acids is 1. The minimum Gasteiger partial charge on any atom is -0.377 e. The zero-order valence-corrected chi connectivity index (χ0v) is 17.0. The molecule has 1 aliphatic rings. The Morgan fingerprint density at radius 2 is 1.62 bits per heavy atom. The Bertz CT molecular complexity index is 443. The van der Waals surface area contributed by atoms with Crippen molar-refractivity contribution in [2.45, 2.75) is 86.5 Å². The van der Waals surface area contributed by atoms with E-state index in [0.717, 1.165) is 25.1 Å². The van der Waals surface area contributed by atoms with Gasteiger partial charge in [-0.05, 0) is 42.7 Å². The van der Waals surface area contributed by atoms with Crippen molar-refractivity contribution in [1.29, 1.82) is 0 Å². The molecule has 1 aliphatic carbocycles. The number of hydrogen-bond acceptors (Lipinski definition) is 2. The van der Waals surface area contributed by atoms with E-state index in [-0.39, 0.29) is 11.3 Å². The van der Waals surface area contributed by atoms with Crippen molar-refractivity contribution >= 4 is 5.78 Å². The van der Waals surface area contributed by atoms with E-state index >= 15 is 0 Å². The van der Waals surface area contributed by atoms with Gasteiger partial charge in [0.1, 0.15) is 0 Å². The fourth-order valence-corrected chi connectivity index (χ4v) is 3.41. The van der Waals surface area contributed by atoms with Gasteiger partial charge in [0.2, 0.25) is 0 Å². The first kappa shape index (κ1) is 21.0. The molecule has 0 radical (unpaired) electrons. The Labute approximate surface area is 150 Å². The lowest BCUT2D eigenvalue weighted by Crippen LogP contribution is -2.32. The number of unbranched alkanes of at least 4 members (excludes halogenated alkanes) is 4. The van der Waals surface area contributed by atoms with Crippen molar-refractivity contribution < 1.29 is 4.79 Å². The third kappa shape index (κ3) is 6.83. The van der Waals surface area contributed by atoms with Crippen LogP contribution in [-0.2, 0) is 4.79 Å². The van der Waals surface area contributed by atoms with Crippen molar-refractivity contribution in [2.24, 2.45) is 11.3 Å². The van der Waals surface area contributed by atoms with Crippen molar-refractivity contribution in [1.82, 2.24) is 4.90 Å². The molecular weight excluding hydrogens is 294 g/mol. The minimum absolute atomic E-state index is 0.0287. The van der Waals surface area contributed by atoms with E-state index in [1.54, 1.807) is 0 Å². The zero-order chi connectivity index (χ0) is 18.2. The predicted octanol–water partition coefficient (Wildman–Crippen LogP) is 6.13. The van der Waals surface area contributed by atoms with E-state index in [1.807, 2.05) is 6.92 Å². The number of rotatable bonds is 9. The summed E-state index contributed by atoms with van der Waals surface area (Å²) in [6.45, 7) is 15.3. The maximum atomic E-state index is 12.5. The summed E-state index contributed by atoms with van der Waals surface area (Å²) >= 11 is 0. The van der Waals surface area contributed by atoms with Crippen LogP contribution in [0.25, 0.3) is 0 Å². The number of Topliss-reactive ketones (excluding diaryl/α,β-unsaturated/α-hetero) is 1. The van der Waals surface area contributed by atoms with Crippen molar-refractivity contribution in [3.8, 4) is 0 Å². The summed E-state index contributed by atoms with van der Waals surface area (Å²) < 4.78 is 0. The molecule has 0 saturated heterocycles. The second kappa shape index (κ2) is 10.1. The third-order valence-corrected chi connectivity index (χ3v) is 5.04. The molecule has 0 aromatic heterocycles. The zero-order valence-electron chi connectivity index (χ0n) is 17.0. The molecule has 0 fully saturated rings. The van der Waals surface area contributed by atoms with Gasteiger partial charge in [-0.25, -0.2) is 0 Å². The van der Waals surface area contributed by atoms with Crippen LogP contribution < -0.4 is 0 Å². The van der Waals surface area contributed by atoms with Gasteiger partial charge in [-0.3, -0.25) is 4.79 Å². The molecule has 0 aliphatic heterocycles. The monoisotopic (exact) mass is 333 g/mol. The van der Waals surface area contributed by atoms with Gasteiger partial charge in [0.15, 0.2) is 5.78 Å². The summed E-state index contributed by atoms with van der Waals surface area (Å²) in [7, 11) is 0. The minimum atomic E-state index is 0.0287. The lowest BCUT2D eigenvalue weighted by atomic mass is 9.70. The van der Waals surface area contributed by atoms with E-state index < -0.39 is 0 Å². The van der Waals surface area contributed by atoms with Gasteiger partial charge < -0.3 is 4.90 Å². The van der Waals surface area contributed by atoms with E-state index in [4.69, 9.17) is 0 Å². The topological polar surface area (TPSA) is 20.3 Å². The van der Waals surface area contributed by atoms with E-state index in [0.29, 0.717) is 5.78 Å². The Morgan fingerprint density at radius 1 is 1.08 bits per heavy atom. The van der Waals surface area contributed by atoms with Crippen LogP contribution in [0.15, 0.2) is 23.4 Å². The highest BCUT2D eigenvalue weighted by Crippen LogP contribution is 2.37. The summed E-state index contributed by atoms with van der Waals surface area (Å²) in [5, 5.41) is 0. The molecule has 1 rings (SSSR count). The van der Waals surface area contributed by atoms with Gasteiger partial charge in [0.25, 0.3) is 0 Å². The van der Waals surface area contributed by atoms with Crippen molar-refractivity contribution in [3.05, 3.63) is 23.4 Å². The number of nitrogens with zero attached hydrogens (tertiary/aromatic N) is 1. The van der Waals surface area contributed by atoms with Crippen LogP contribution >= 0.6 is 0 Å². The fraction of sp³-hybridized carbons (Fsp3) is 0.773. The molecule has 2 heteroatoms. The maximum Gasteiger partial charge on any atom is 0.162 e. The molecule has 1 unspecified atom stereocenters. The van der Waals surface area contributed by atoms with Gasteiger partial charge in [-0.1, -0.05) is 66.4 Å². The molecule has 0 aromatic carbocycles. The summed E-state index contributed by atoms with van der Waals surface area (Å²) in [5.41, 5.74) is 2.29. The van der Waals surface area contributed by atoms with Crippen LogP contribution in [0.3, 0.4) is 0 Å². The number of carbonyl (C=O) groups is 1. The maximum absolute atomic E-state index is 12.5. The van der Waals surface area contributed by atoms with Crippen LogP contribution in [0.5, 0.6) is 0 Å². The number of allylic oxidation sites excluding steroid dienone is 3. The molecule has 2 nitrogen and oxygen atoms in total. The molecule has 0 N–H and O–H groups in total. The van der Waals surface area contributed by atoms with E-state index in [1.165, 1.54) is 44.1 Å². The van der Waals surface area contributed by atoms with Gasteiger partial charge >= 0.3 is 0 Å². The molecule has 0 saturated carbocycles. The predicted molar refractivity (Wildman–Crippen MR) is 105 cm³/mol.